The van der Waals surface area contributed by atoms with Gasteiger partial charge in [-0.3, -0.25) is 0 Å². The summed E-state index contributed by atoms with van der Waals surface area (Å²) < 4.78 is 10.1. The third-order valence-corrected chi connectivity index (χ3v) is 11.1. The van der Waals surface area contributed by atoms with E-state index in [9.17, 15) is 0 Å². The monoisotopic (exact) mass is 487 g/mol. The number of aliphatic imine (C=N–C) groups is 1. The number of nitrogens with zero attached hydrogens (tertiary/aromatic N) is 5. The highest BCUT2D eigenvalue weighted by molar-refractivity contribution is 7.84. The first-order chi connectivity index (χ1) is 16.8. The second kappa shape index (κ2) is 8.10. The zero-order chi connectivity index (χ0) is 24.4. The smallest absolute Gasteiger partial charge is 0.223 e. The molecule has 180 valence electrons. The Hall–Kier alpha value is -2.83. The van der Waals surface area contributed by atoms with Crippen molar-refractivity contribution in [1.29, 1.82) is 0 Å². The molecule has 7 nitrogen and oxygen atoms in total. The normalized spacial score (nSPS) is 25.6. The summed E-state index contributed by atoms with van der Waals surface area (Å²) in [4.78, 5) is 7.37. The van der Waals surface area contributed by atoms with Gasteiger partial charge in [-0.05, 0) is 44.5 Å². The molecule has 2 N–H and O–H groups in total. The fourth-order valence-corrected chi connectivity index (χ4v) is 9.55. The van der Waals surface area contributed by atoms with Crippen molar-refractivity contribution >= 4 is 30.6 Å². The van der Waals surface area contributed by atoms with E-state index in [2.05, 4.69) is 73.8 Å². The van der Waals surface area contributed by atoms with Crippen LogP contribution in [-0.4, -0.2) is 54.0 Å². The zero-order valence-electron chi connectivity index (χ0n) is 20.8. The summed E-state index contributed by atoms with van der Waals surface area (Å²) in [5, 5.41) is 7.17. The number of allylic oxidation sites excluding steroid dienone is 2. The number of ether oxygens (including phenoxy) is 1. The number of benzene rings is 2. The predicted octanol–water partition coefficient (Wildman–Crippen LogP) is 4.30. The Bertz CT molecular complexity index is 1360. The molecule has 1 saturated heterocycles. The number of anilines is 1. The highest BCUT2D eigenvalue weighted by Crippen LogP contribution is 2.67. The summed E-state index contributed by atoms with van der Waals surface area (Å²) in [7, 11) is -0.357. The van der Waals surface area contributed by atoms with Crippen LogP contribution in [0.15, 0.2) is 70.6 Å². The van der Waals surface area contributed by atoms with Gasteiger partial charge in [-0.2, -0.15) is 10.6 Å². The number of likely N-dealkylation sites (N-methyl/N-ethyl adjacent to an activating group) is 1. The summed E-state index contributed by atoms with van der Waals surface area (Å²) in [5.74, 6) is 0.844. The highest BCUT2D eigenvalue weighted by Gasteiger charge is 2.58. The van der Waals surface area contributed by atoms with Gasteiger partial charge in [-0.25, -0.2) is 9.67 Å². The number of aryl methyl sites for hydroxylation is 1. The molecule has 0 spiro atoms. The van der Waals surface area contributed by atoms with E-state index in [-0.39, 0.29) is 5.41 Å². The summed E-state index contributed by atoms with van der Waals surface area (Å²) >= 11 is 0. The third kappa shape index (κ3) is 3.19. The van der Waals surface area contributed by atoms with Crippen LogP contribution in [0.3, 0.4) is 0 Å². The minimum Gasteiger partial charge on any atom is -0.378 e. The largest absolute Gasteiger partial charge is 0.378 e. The van der Waals surface area contributed by atoms with Crippen LogP contribution in [0.1, 0.15) is 25.1 Å². The number of nitrogens with two attached hydrogens (primary N) is 1. The van der Waals surface area contributed by atoms with E-state index in [1.807, 2.05) is 29.1 Å². The van der Waals surface area contributed by atoms with Gasteiger partial charge < -0.3 is 9.64 Å². The summed E-state index contributed by atoms with van der Waals surface area (Å²) in [6, 6.07) is 18.8. The molecule has 6 rings (SSSR count). The van der Waals surface area contributed by atoms with Gasteiger partial charge in [0, 0.05) is 18.2 Å². The molecule has 0 amide bonds. The van der Waals surface area contributed by atoms with E-state index in [4.69, 9.17) is 20.3 Å². The van der Waals surface area contributed by atoms with Gasteiger partial charge in [0.15, 0.2) is 5.31 Å². The third-order valence-electron chi connectivity index (χ3n) is 7.57. The Morgan fingerprint density at radius 3 is 2.40 bits per heavy atom. The van der Waals surface area contributed by atoms with Gasteiger partial charge in [-0.1, -0.05) is 36.4 Å². The van der Waals surface area contributed by atoms with Crippen LogP contribution in [0, 0.1) is 6.92 Å². The minimum atomic E-state index is -2.51. The number of rotatable bonds is 2. The molecule has 35 heavy (non-hydrogen) atoms. The molecule has 0 saturated carbocycles. The number of hydrogen-bond acceptors (Lipinski definition) is 6. The Labute approximate surface area is 207 Å². The van der Waals surface area contributed by atoms with Crippen molar-refractivity contribution in [1.82, 2.24) is 14.5 Å². The van der Waals surface area contributed by atoms with E-state index in [0.29, 0.717) is 13.2 Å². The van der Waals surface area contributed by atoms with E-state index in [1.54, 1.807) is 0 Å². The van der Waals surface area contributed by atoms with Gasteiger partial charge >= 0.3 is 0 Å². The van der Waals surface area contributed by atoms with Gasteiger partial charge in [-0.15, -0.1) is 4.67 Å². The fraction of sp³-hybridized carbons (Fsp3) is 0.333. The molecule has 0 radical (unpaired) electrons. The Kier molecular flexibility index (Phi) is 5.24. The molecule has 1 aromatic heterocycles. The quantitative estimate of drug-likeness (QED) is 0.546. The molecule has 1 atom stereocenters. The Balaban J connectivity index is 1.63. The topological polar surface area (TPSA) is 71.9 Å². The van der Waals surface area contributed by atoms with Gasteiger partial charge in [0.25, 0.3) is 0 Å². The molecule has 3 aliphatic heterocycles. The lowest BCUT2D eigenvalue weighted by Crippen LogP contribution is -2.46. The van der Waals surface area contributed by atoms with Crippen LogP contribution in [0.25, 0.3) is 5.69 Å². The van der Waals surface area contributed by atoms with E-state index in [1.165, 1.54) is 16.9 Å². The molecule has 4 heterocycles. The molecular weight excluding hydrogens is 455 g/mol. The Morgan fingerprint density at radius 1 is 1.00 bits per heavy atom. The first kappa shape index (κ1) is 22.6. The highest BCUT2D eigenvalue weighted by atomic mass is 31.2. The molecule has 1 fully saturated rings. The number of aromatic nitrogens is 2. The Morgan fingerprint density at radius 2 is 1.69 bits per heavy atom. The molecule has 0 bridgehead atoms. The SMILES string of the molecule is Cc1nn(-c2ccccc2)c2c1[P+](N)(N1CCOCC1)C(=C1N(C)c3ccccc3C1(C)C)C=N2. The molecule has 1 unspecified atom stereocenters. The van der Waals surface area contributed by atoms with Crippen molar-refractivity contribution in [3.05, 3.63) is 76.9 Å². The van der Waals surface area contributed by atoms with Crippen molar-refractivity contribution < 1.29 is 4.74 Å². The van der Waals surface area contributed by atoms with Crippen LogP contribution >= 0.6 is 7.56 Å². The minimum absolute atomic E-state index is 0.204. The first-order valence-electron chi connectivity index (χ1n) is 12.1. The lowest BCUT2D eigenvalue weighted by molar-refractivity contribution is 0.0742. The van der Waals surface area contributed by atoms with Crippen LogP contribution in [0.2, 0.25) is 0 Å². The van der Waals surface area contributed by atoms with Gasteiger partial charge in [0.05, 0.1) is 43.9 Å². The summed E-state index contributed by atoms with van der Waals surface area (Å²) in [6.45, 7) is 9.61. The van der Waals surface area contributed by atoms with E-state index in [0.717, 1.165) is 40.9 Å². The maximum Gasteiger partial charge on any atom is 0.223 e. The number of hydrogen-bond donors (Lipinski definition) is 1. The van der Waals surface area contributed by atoms with Gasteiger partial charge in [0.2, 0.25) is 18.7 Å². The average Bonchev–Trinajstić information content (AvgIpc) is 3.32. The molecule has 0 aliphatic carbocycles. The second-order valence-corrected chi connectivity index (χ2v) is 12.8. The maximum atomic E-state index is 7.73. The standard InChI is InChI=1S/C27H32N6OP/c1-19-24-26(33(30-19)20-10-6-5-7-11-20)29-18-23(35(24,28)32-14-16-34-17-15-32)25-27(2,3)21-12-8-9-13-22(21)31(25)4/h5-13,18H,14-17,28H2,1-4H3/q+1. The van der Waals surface area contributed by atoms with Crippen LogP contribution in [0.4, 0.5) is 11.5 Å². The maximum absolute atomic E-state index is 7.73. The zero-order valence-corrected chi connectivity index (χ0v) is 21.7. The lowest BCUT2D eigenvalue weighted by Gasteiger charge is -2.39. The van der Waals surface area contributed by atoms with E-state index < -0.39 is 7.56 Å². The average molecular weight is 488 g/mol. The van der Waals surface area contributed by atoms with Crippen molar-refractivity contribution in [2.75, 3.05) is 38.3 Å². The molecule has 3 aromatic rings. The van der Waals surface area contributed by atoms with Crippen molar-refractivity contribution in [2.24, 2.45) is 10.5 Å². The van der Waals surface area contributed by atoms with Crippen molar-refractivity contribution in [2.45, 2.75) is 26.2 Å². The van der Waals surface area contributed by atoms with Crippen LogP contribution in [0.5, 0.6) is 0 Å². The molecular formula is C27H32N6OP+. The fourth-order valence-electron chi connectivity index (χ4n) is 5.94. The van der Waals surface area contributed by atoms with Crippen molar-refractivity contribution in [3.63, 3.8) is 0 Å². The lowest BCUT2D eigenvalue weighted by atomic mass is 9.84. The second-order valence-electron chi connectivity index (χ2n) is 9.95. The van der Waals surface area contributed by atoms with Crippen LogP contribution in [-0.2, 0) is 10.2 Å². The number of morpholine rings is 1. The summed E-state index contributed by atoms with van der Waals surface area (Å²) in [6.07, 6.45) is 2.03. The first-order valence-corrected chi connectivity index (χ1v) is 13.9. The van der Waals surface area contributed by atoms with Gasteiger partial charge in [0.1, 0.15) is 5.69 Å². The predicted molar refractivity (Wildman–Crippen MR) is 144 cm³/mol. The summed E-state index contributed by atoms with van der Waals surface area (Å²) in [5.41, 5.74) is 13.2. The van der Waals surface area contributed by atoms with Crippen molar-refractivity contribution in [3.8, 4) is 5.69 Å². The number of fused-ring (bicyclic) bond motifs is 2. The molecule has 3 aliphatic rings. The molecule has 8 heteroatoms. The van der Waals surface area contributed by atoms with E-state index >= 15 is 0 Å². The molecule has 2 aromatic carbocycles. The number of para-hydroxylation sites is 2. The van der Waals surface area contributed by atoms with Crippen LogP contribution < -0.4 is 15.7 Å².